The van der Waals surface area contributed by atoms with Gasteiger partial charge in [0.15, 0.2) is 0 Å². The van der Waals surface area contributed by atoms with Gasteiger partial charge in [0, 0.05) is 18.7 Å². The molecule has 7 nitrogen and oxygen atoms in total. The fraction of sp³-hybridized carbons (Fsp3) is 0.500. The molecule has 0 saturated carbocycles. The van der Waals surface area contributed by atoms with Crippen LogP contribution in [0.4, 0.5) is 5.69 Å². The van der Waals surface area contributed by atoms with Gasteiger partial charge >= 0.3 is 0 Å². The van der Waals surface area contributed by atoms with Crippen LogP contribution in [0.5, 0.6) is 0 Å². The van der Waals surface area contributed by atoms with Crippen LogP contribution < -0.4 is 0 Å². The highest BCUT2D eigenvalue weighted by molar-refractivity contribution is 8.22. The Bertz CT molecular complexity index is 570. The molecular weight excluding hydrogens is 338 g/mol. The normalized spacial score (nSPS) is 18.7. The summed E-state index contributed by atoms with van der Waals surface area (Å²) in [5.41, 5.74) is 0.508. The average molecular weight is 357 g/mol. The number of hydrogen-bond donors (Lipinski definition) is 2. The number of benzene rings is 1. The van der Waals surface area contributed by atoms with Gasteiger partial charge in [0.25, 0.3) is 5.69 Å². The minimum Gasteiger partial charge on any atom is -0.395 e. The maximum Gasteiger partial charge on any atom is 0.269 e. The Balaban J connectivity index is 2.13. The van der Waals surface area contributed by atoms with E-state index in [9.17, 15) is 20.3 Å². The Morgan fingerprint density at radius 1 is 1.43 bits per heavy atom. The van der Waals surface area contributed by atoms with Crippen LogP contribution in [0.3, 0.4) is 0 Å². The topological polar surface area (TPSA) is 90.1 Å². The molecule has 9 heteroatoms. The zero-order valence-corrected chi connectivity index (χ0v) is 14.3. The van der Waals surface area contributed by atoms with E-state index in [-0.39, 0.29) is 12.3 Å². The second-order valence-electron chi connectivity index (χ2n) is 5.17. The van der Waals surface area contributed by atoms with Crippen LogP contribution in [0.15, 0.2) is 24.3 Å². The van der Waals surface area contributed by atoms with Gasteiger partial charge in [-0.3, -0.25) is 15.0 Å². The molecular formula is C14H19N3O4S2. The van der Waals surface area contributed by atoms with Crippen LogP contribution >= 0.6 is 24.0 Å². The number of hydrogen-bond acceptors (Lipinski definition) is 7. The van der Waals surface area contributed by atoms with Gasteiger partial charge in [-0.25, -0.2) is 0 Å². The Hall–Kier alpha value is -1.26. The van der Waals surface area contributed by atoms with Crippen molar-refractivity contribution in [1.82, 2.24) is 9.80 Å². The minimum atomic E-state index is -0.938. The monoisotopic (exact) mass is 357 g/mol. The number of thiocarbonyl (C=S) groups is 1. The van der Waals surface area contributed by atoms with E-state index in [2.05, 4.69) is 0 Å². The summed E-state index contributed by atoms with van der Waals surface area (Å²) >= 11 is 6.77. The molecule has 126 valence electrons. The van der Waals surface area contributed by atoms with Crippen molar-refractivity contribution >= 4 is 34.0 Å². The summed E-state index contributed by atoms with van der Waals surface area (Å²) in [7, 11) is 0. The molecule has 2 rings (SSSR count). The van der Waals surface area contributed by atoms with Crippen molar-refractivity contribution in [1.29, 1.82) is 0 Å². The Morgan fingerprint density at radius 2 is 2.09 bits per heavy atom. The van der Waals surface area contributed by atoms with Gasteiger partial charge in [-0.15, -0.1) is 0 Å². The van der Waals surface area contributed by atoms with Crippen molar-refractivity contribution in [2.24, 2.45) is 0 Å². The zero-order valence-electron chi connectivity index (χ0n) is 12.7. The molecule has 1 fully saturated rings. The first-order valence-electron chi connectivity index (χ1n) is 7.17. The van der Waals surface area contributed by atoms with Crippen molar-refractivity contribution in [3.8, 4) is 0 Å². The molecule has 1 aliphatic heterocycles. The molecule has 1 aromatic carbocycles. The molecule has 0 aliphatic carbocycles. The summed E-state index contributed by atoms with van der Waals surface area (Å²) in [6, 6.07) is 5.24. The van der Waals surface area contributed by atoms with Crippen molar-refractivity contribution < 1.29 is 15.1 Å². The third-order valence-corrected chi connectivity index (χ3v) is 5.39. The number of nitro groups is 1. The van der Waals surface area contributed by atoms with Crippen LogP contribution in [-0.2, 0) is 0 Å². The lowest BCUT2D eigenvalue weighted by Crippen LogP contribution is -2.52. The molecule has 1 saturated heterocycles. The van der Waals surface area contributed by atoms with Crippen molar-refractivity contribution in [3.63, 3.8) is 0 Å². The predicted molar refractivity (Wildman–Crippen MR) is 93.1 cm³/mol. The van der Waals surface area contributed by atoms with Crippen molar-refractivity contribution in [2.45, 2.75) is 19.1 Å². The number of nitro benzene ring substituents is 1. The SMILES string of the molecule is CCN1CN(C(CO)[C@@H](O)c2ccc([N+](=O)[O-])cc2)CSC1=S. The average Bonchev–Trinajstić information content (AvgIpc) is 2.56. The molecule has 1 unspecified atom stereocenters. The van der Waals surface area contributed by atoms with Gasteiger partial charge in [-0.2, -0.15) is 0 Å². The first kappa shape index (κ1) is 18.1. The summed E-state index contributed by atoms with van der Waals surface area (Å²) < 4.78 is 0.810. The highest BCUT2D eigenvalue weighted by Gasteiger charge is 2.31. The second kappa shape index (κ2) is 8.02. The molecule has 0 spiro atoms. The molecule has 2 N–H and O–H groups in total. The number of rotatable bonds is 6. The molecule has 0 bridgehead atoms. The third-order valence-electron chi connectivity index (χ3n) is 3.81. The van der Waals surface area contributed by atoms with Crippen molar-refractivity contribution in [2.75, 3.05) is 25.7 Å². The maximum absolute atomic E-state index is 10.7. The smallest absolute Gasteiger partial charge is 0.269 e. The van der Waals surface area contributed by atoms with E-state index in [4.69, 9.17) is 12.2 Å². The third kappa shape index (κ3) is 4.18. The number of nitrogens with zero attached hydrogens (tertiary/aromatic N) is 3. The molecule has 1 aromatic rings. The summed E-state index contributed by atoms with van der Waals surface area (Å²) in [4.78, 5) is 14.2. The number of aliphatic hydroxyl groups excluding tert-OH is 2. The summed E-state index contributed by atoms with van der Waals surface area (Å²) in [5.74, 6) is 0.588. The van der Waals surface area contributed by atoms with Crippen LogP contribution in [0, 0.1) is 10.1 Å². The lowest BCUT2D eigenvalue weighted by molar-refractivity contribution is -0.384. The lowest BCUT2D eigenvalue weighted by Gasteiger charge is -2.41. The van der Waals surface area contributed by atoms with E-state index in [1.54, 1.807) is 0 Å². The van der Waals surface area contributed by atoms with Gasteiger partial charge in [0.2, 0.25) is 0 Å². The van der Waals surface area contributed by atoms with E-state index >= 15 is 0 Å². The summed E-state index contributed by atoms with van der Waals surface area (Å²) in [6.07, 6.45) is -0.938. The van der Waals surface area contributed by atoms with Crippen LogP contribution in [-0.4, -0.2) is 61.0 Å². The van der Waals surface area contributed by atoms with E-state index in [0.29, 0.717) is 18.1 Å². The molecule has 1 aliphatic rings. The van der Waals surface area contributed by atoms with E-state index in [0.717, 1.165) is 10.9 Å². The van der Waals surface area contributed by atoms with Gasteiger partial charge in [0.05, 0.1) is 36.2 Å². The van der Waals surface area contributed by atoms with Gasteiger partial charge < -0.3 is 15.1 Å². The fourth-order valence-electron chi connectivity index (χ4n) is 2.41. The Morgan fingerprint density at radius 3 is 2.61 bits per heavy atom. The summed E-state index contributed by atoms with van der Waals surface area (Å²) in [6.45, 7) is 3.08. The van der Waals surface area contributed by atoms with Gasteiger partial charge in [0.1, 0.15) is 4.32 Å². The second-order valence-corrected chi connectivity index (χ2v) is 6.75. The molecule has 2 atom stereocenters. The zero-order chi connectivity index (χ0) is 17.0. The Kier molecular flexibility index (Phi) is 6.31. The first-order chi connectivity index (χ1) is 11.0. The summed E-state index contributed by atoms with van der Waals surface area (Å²) in [5, 5.41) is 31.0. The molecule has 0 aromatic heterocycles. The highest BCUT2D eigenvalue weighted by atomic mass is 32.2. The van der Waals surface area contributed by atoms with Crippen LogP contribution in [0.1, 0.15) is 18.6 Å². The van der Waals surface area contributed by atoms with E-state index < -0.39 is 17.1 Å². The lowest BCUT2D eigenvalue weighted by atomic mass is 10.0. The van der Waals surface area contributed by atoms with Crippen LogP contribution in [0.25, 0.3) is 0 Å². The standard InChI is InChI=1S/C14H19N3O4S2/c1-2-15-8-16(9-23-14(15)22)12(7-18)13(19)10-3-5-11(6-4-10)17(20)21/h3-6,12-13,18-19H,2,7-9H2,1H3/t12?,13-/m0/s1. The number of non-ortho nitro benzene ring substituents is 1. The van der Waals surface area contributed by atoms with Crippen LogP contribution in [0.2, 0.25) is 0 Å². The van der Waals surface area contributed by atoms with E-state index in [1.807, 2.05) is 16.7 Å². The van der Waals surface area contributed by atoms with E-state index in [1.165, 1.54) is 36.0 Å². The number of aliphatic hydroxyl groups is 2. The maximum atomic E-state index is 10.7. The largest absolute Gasteiger partial charge is 0.395 e. The Labute approximate surface area is 144 Å². The quantitative estimate of drug-likeness (QED) is 0.450. The minimum absolute atomic E-state index is 0.0301. The first-order valence-corrected chi connectivity index (χ1v) is 8.56. The van der Waals surface area contributed by atoms with Crippen molar-refractivity contribution in [3.05, 3.63) is 39.9 Å². The molecule has 0 radical (unpaired) electrons. The molecule has 0 amide bonds. The number of thioether (sulfide) groups is 1. The highest BCUT2D eigenvalue weighted by Crippen LogP contribution is 2.27. The van der Waals surface area contributed by atoms with Gasteiger partial charge in [-0.1, -0.05) is 24.0 Å². The molecule has 1 heterocycles. The van der Waals surface area contributed by atoms with Gasteiger partial charge in [-0.05, 0) is 24.6 Å². The molecule has 23 heavy (non-hydrogen) atoms. The fourth-order valence-corrected chi connectivity index (χ4v) is 3.67. The predicted octanol–water partition coefficient (Wildman–Crippen LogP) is 1.56.